The fourth-order valence-corrected chi connectivity index (χ4v) is 2.61. The van der Waals surface area contributed by atoms with E-state index in [0.717, 1.165) is 11.1 Å². The lowest BCUT2D eigenvalue weighted by atomic mass is 10.0. The van der Waals surface area contributed by atoms with Gasteiger partial charge >= 0.3 is 0 Å². The second kappa shape index (κ2) is 6.10. The highest BCUT2D eigenvalue weighted by atomic mass is 19.2. The number of hydrogen-bond acceptors (Lipinski definition) is 2. The van der Waals surface area contributed by atoms with Gasteiger partial charge in [0.1, 0.15) is 0 Å². The van der Waals surface area contributed by atoms with E-state index in [4.69, 9.17) is 0 Å². The minimum absolute atomic E-state index is 0.143. The van der Waals surface area contributed by atoms with Crippen LogP contribution in [0, 0.1) is 23.3 Å². The summed E-state index contributed by atoms with van der Waals surface area (Å²) in [6.45, 7) is 0.410. The molecule has 24 heavy (non-hydrogen) atoms. The summed E-state index contributed by atoms with van der Waals surface area (Å²) in [6, 6.07) is 0.387. The van der Waals surface area contributed by atoms with E-state index in [9.17, 15) is 22.4 Å². The lowest BCUT2D eigenvalue weighted by Crippen LogP contribution is -2.36. The highest BCUT2D eigenvalue weighted by Crippen LogP contribution is 2.24. The van der Waals surface area contributed by atoms with E-state index in [2.05, 4.69) is 5.10 Å². The lowest BCUT2D eigenvalue weighted by molar-refractivity contribution is 0.0768. The van der Waals surface area contributed by atoms with Gasteiger partial charge in [0.15, 0.2) is 23.3 Å². The first-order chi connectivity index (χ1) is 11.4. The van der Waals surface area contributed by atoms with Crippen LogP contribution in [0.5, 0.6) is 0 Å². The molecule has 0 radical (unpaired) electrons. The van der Waals surface area contributed by atoms with Crippen molar-refractivity contribution in [1.82, 2.24) is 14.7 Å². The molecule has 0 saturated heterocycles. The van der Waals surface area contributed by atoms with E-state index >= 15 is 0 Å². The number of nitrogens with zero attached hydrogens (tertiary/aromatic N) is 3. The number of carbonyl (C=O) groups excluding carboxylic acids is 1. The van der Waals surface area contributed by atoms with Crippen LogP contribution >= 0.6 is 0 Å². The number of aryl methyl sites for hydroxylation is 1. The Morgan fingerprint density at radius 1 is 1.17 bits per heavy atom. The van der Waals surface area contributed by atoms with Crippen molar-refractivity contribution in [2.24, 2.45) is 7.05 Å². The Hall–Kier alpha value is -2.64. The summed E-state index contributed by atoms with van der Waals surface area (Å²) >= 11 is 0. The van der Waals surface area contributed by atoms with E-state index < -0.39 is 34.7 Å². The topological polar surface area (TPSA) is 38.1 Å². The van der Waals surface area contributed by atoms with Crippen molar-refractivity contribution in [3.05, 3.63) is 58.9 Å². The molecule has 1 amide bonds. The third kappa shape index (κ3) is 2.79. The molecule has 8 heteroatoms. The van der Waals surface area contributed by atoms with Crippen molar-refractivity contribution in [2.75, 3.05) is 13.1 Å². The van der Waals surface area contributed by atoms with Crippen LogP contribution in [0.25, 0.3) is 5.57 Å². The Morgan fingerprint density at radius 3 is 2.58 bits per heavy atom. The maximum Gasteiger partial charge on any atom is 0.257 e. The van der Waals surface area contributed by atoms with Crippen molar-refractivity contribution in [3.8, 4) is 0 Å². The van der Waals surface area contributed by atoms with E-state index in [0.29, 0.717) is 12.5 Å². The molecule has 2 aromatic rings. The van der Waals surface area contributed by atoms with E-state index in [1.807, 2.05) is 6.08 Å². The van der Waals surface area contributed by atoms with Gasteiger partial charge in [-0.25, -0.2) is 17.6 Å². The predicted octanol–water partition coefficient (Wildman–Crippen LogP) is 2.91. The quantitative estimate of drug-likeness (QED) is 0.479. The minimum Gasteiger partial charge on any atom is -0.334 e. The molecule has 0 unspecified atom stereocenters. The first kappa shape index (κ1) is 16.2. The van der Waals surface area contributed by atoms with Gasteiger partial charge in [-0.15, -0.1) is 0 Å². The summed E-state index contributed by atoms with van der Waals surface area (Å²) < 4.78 is 55.1. The van der Waals surface area contributed by atoms with Crippen molar-refractivity contribution >= 4 is 11.5 Å². The molecule has 0 N–H and O–H groups in total. The van der Waals surface area contributed by atoms with Crippen LogP contribution in [-0.4, -0.2) is 33.7 Å². The van der Waals surface area contributed by atoms with Gasteiger partial charge in [0.05, 0.1) is 11.8 Å². The summed E-state index contributed by atoms with van der Waals surface area (Å²) in [5.74, 6) is -8.09. The van der Waals surface area contributed by atoms with Gasteiger partial charge in [-0.1, -0.05) is 6.08 Å². The summed E-state index contributed by atoms with van der Waals surface area (Å²) in [4.78, 5) is 13.7. The molecule has 0 aliphatic carbocycles. The van der Waals surface area contributed by atoms with Gasteiger partial charge < -0.3 is 4.90 Å². The molecule has 1 aromatic carbocycles. The summed E-state index contributed by atoms with van der Waals surface area (Å²) in [7, 11) is 1.75. The Balaban J connectivity index is 1.88. The molecule has 0 fully saturated rings. The number of amides is 1. The van der Waals surface area contributed by atoms with Crippen molar-refractivity contribution in [2.45, 2.75) is 6.42 Å². The van der Waals surface area contributed by atoms with Crippen LogP contribution in [0.15, 0.2) is 24.5 Å². The third-order valence-corrected chi connectivity index (χ3v) is 3.85. The fourth-order valence-electron chi connectivity index (χ4n) is 2.61. The maximum absolute atomic E-state index is 13.8. The zero-order chi connectivity index (χ0) is 17.4. The number of halogens is 4. The highest BCUT2D eigenvalue weighted by molar-refractivity contribution is 5.95. The molecular formula is C16H13F4N3O. The maximum atomic E-state index is 13.8. The van der Waals surface area contributed by atoms with Gasteiger partial charge in [0.2, 0.25) is 0 Å². The van der Waals surface area contributed by atoms with Gasteiger partial charge in [-0.3, -0.25) is 9.48 Å². The SMILES string of the molecule is Cn1cc(C2=CCCN(C(=O)c3cc(F)c(F)c(F)c3F)C2)cn1. The first-order valence-corrected chi connectivity index (χ1v) is 7.18. The average molecular weight is 339 g/mol. The molecule has 0 atom stereocenters. The van der Waals surface area contributed by atoms with Crippen LogP contribution in [0.4, 0.5) is 17.6 Å². The highest BCUT2D eigenvalue weighted by Gasteiger charge is 2.27. The van der Waals surface area contributed by atoms with Crippen LogP contribution in [0.2, 0.25) is 0 Å². The van der Waals surface area contributed by atoms with E-state index in [-0.39, 0.29) is 13.1 Å². The smallest absolute Gasteiger partial charge is 0.257 e. The van der Waals surface area contributed by atoms with Gasteiger partial charge in [-0.05, 0) is 18.1 Å². The van der Waals surface area contributed by atoms with Crippen LogP contribution in [-0.2, 0) is 7.05 Å². The fraction of sp³-hybridized carbons (Fsp3) is 0.250. The second-order valence-corrected chi connectivity index (χ2v) is 5.50. The Morgan fingerprint density at radius 2 is 1.92 bits per heavy atom. The van der Waals surface area contributed by atoms with Crippen LogP contribution < -0.4 is 0 Å². The number of benzene rings is 1. The third-order valence-electron chi connectivity index (χ3n) is 3.85. The van der Waals surface area contributed by atoms with Gasteiger partial charge in [-0.2, -0.15) is 5.10 Å². The van der Waals surface area contributed by atoms with E-state index in [1.165, 1.54) is 4.90 Å². The normalized spacial score (nSPS) is 14.7. The predicted molar refractivity (Wildman–Crippen MR) is 78.0 cm³/mol. The Labute approximate surface area is 135 Å². The average Bonchev–Trinajstić information content (AvgIpc) is 3.02. The van der Waals surface area contributed by atoms with E-state index in [1.54, 1.807) is 24.1 Å². The molecule has 126 valence electrons. The number of hydrogen-bond donors (Lipinski definition) is 0. The van der Waals surface area contributed by atoms with Gasteiger partial charge in [0, 0.05) is 31.9 Å². The molecule has 4 nitrogen and oxygen atoms in total. The standard InChI is InChI=1S/C16H13F4N3O/c1-22-7-10(6-21-22)9-3-2-4-23(8-9)16(24)11-5-12(17)14(19)15(20)13(11)18/h3,5-7H,2,4,8H2,1H3. The molecule has 3 rings (SSSR count). The van der Waals surface area contributed by atoms with Crippen molar-refractivity contribution < 1.29 is 22.4 Å². The van der Waals surface area contributed by atoms with Crippen molar-refractivity contribution in [1.29, 1.82) is 0 Å². The molecule has 2 heterocycles. The number of rotatable bonds is 2. The molecular weight excluding hydrogens is 326 g/mol. The molecule has 0 saturated carbocycles. The largest absolute Gasteiger partial charge is 0.334 e. The van der Waals surface area contributed by atoms with Gasteiger partial charge in [0.25, 0.3) is 5.91 Å². The molecule has 0 spiro atoms. The molecule has 1 aromatic heterocycles. The zero-order valence-corrected chi connectivity index (χ0v) is 12.7. The van der Waals surface area contributed by atoms with Crippen LogP contribution in [0.3, 0.4) is 0 Å². The van der Waals surface area contributed by atoms with Crippen LogP contribution in [0.1, 0.15) is 22.3 Å². The lowest BCUT2D eigenvalue weighted by Gasteiger charge is -2.27. The Bertz CT molecular complexity index is 844. The summed E-state index contributed by atoms with van der Waals surface area (Å²) in [5, 5.41) is 4.04. The van der Waals surface area contributed by atoms with Crippen molar-refractivity contribution in [3.63, 3.8) is 0 Å². The minimum atomic E-state index is -1.99. The summed E-state index contributed by atoms with van der Waals surface area (Å²) in [6.07, 6.45) is 5.81. The second-order valence-electron chi connectivity index (χ2n) is 5.50. The number of aromatic nitrogens is 2. The Kier molecular flexibility index (Phi) is 4.13. The zero-order valence-electron chi connectivity index (χ0n) is 12.7. The monoisotopic (exact) mass is 339 g/mol. The summed E-state index contributed by atoms with van der Waals surface area (Å²) in [5.41, 5.74) is 0.775. The first-order valence-electron chi connectivity index (χ1n) is 7.18. The molecule has 1 aliphatic rings. The molecule has 0 bridgehead atoms. The number of carbonyl (C=O) groups is 1. The molecule has 1 aliphatic heterocycles.